The minimum absolute atomic E-state index is 0.482. The summed E-state index contributed by atoms with van der Waals surface area (Å²) in [4.78, 5) is 4.72. The molecular formula is C19H17ClN4O2S. The fourth-order valence-corrected chi connectivity index (χ4v) is 3.71. The Labute approximate surface area is 165 Å². The largest absolute Gasteiger partial charge is 0.420 e. The molecule has 2 heterocycles. The summed E-state index contributed by atoms with van der Waals surface area (Å²) in [7, 11) is 1.70. The van der Waals surface area contributed by atoms with Gasteiger partial charge in [0.1, 0.15) is 0 Å². The van der Waals surface area contributed by atoms with Gasteiger partial charge >= 0.3 is 0 Å². The Balaban J connectivity index is 1.52. The van der Waals surface area contributed by atoms with Crippen molar-refractivity contribution in [1.82, 2.24) is 19.7 Å². The van der Waals surface area contributed by atoms with E-state index < -0.39 is 0 Å². The van der Waals surface area contributed by atoms with Crippen LogP contribution in [0.2, 0.25) is 5.02 Å². The average Bonchev–Trinajstić information content (AvgIpc) is 3.30. The number of aromatic nitrogens is 4. The first-order chi connectivity index (χ1) is 13.2. The van der Waals surface area contributed by atoms with Crippen LogP contribution >= 0.6 is 23.4 Å². The number of ether oxygens (including phenoxy) is 1. The molecule has 0 spiro atoms. The van der Waals surface area contributed by atoms with Gasteiger partial charge in [0.05, 0.1) is 23.4 Å². The summed E-state index contributed by atoms with van der Waals surface area (Å²) in [6.07, 6.45) is 0. The molecule has 4 rings (SSSR count). The normalized spacial score (nSPS) is 11.3. The third-order valence-corrected chi connectivity index (χ3v) is 5.23. The second-order valence-corrected chi connectivity index (χ2v) is 7.20. The number of hydrogen-bond donors (Lipinski definition) is 0. The Morgan fingerprint density at radius 2 is 1.93 bits per heavy atom. The van der Waals surface area contributed by atoms with Gasteiger partial charge in [-0.1, -0.05) is 35.5 Å². The van der Waals surface area contributed by atoms with Crippen LogP contribution in [-0.4, -0.2) is 33.5 Å². The van der Waals surface area contributed by atoms with Crippen LogP contribution < -0.4 is 0 Å². The van der Waals surface area contributed by atoms with E-state index in [9.17, 15) is 0 Å². The smallest absolute Gasteiger partial charge is 0.247 e. The number of halogens is 1. The molecule has 0 atom stereocenters. The SMILES string of the molecule is COCCn1c(SCc2nnc(-c3ccc(Cl)cc3)o2)nc2ccccc21. The van der Waals surface area contributed by atoms with Crippen molar-refractivity contribution in [1.29, 1.82) is 0 Å². The molecule has 4 aromatic rings. The highest BCUT2D eigenvalue weighted by Gasteiger charge is 2.14. The van der Waals surface area contributed by atoms with Crippen molar-refractivity contribution in [2.24, 2.45) is 0 Å². The zero-order chi connectivity index (χ0) is 18.6. The van der Waals surface area contributed by atoms with Gasteiger partial charge in [-0.25, -0.2) is 4.98 Å². The molecule has 138 valence electrons. The summed E-state index contributed by atoms with van der Waals surface area (Å²) in [6.45, 7) is 1.36. The van der Waals surface area contributed by atoms with Crippen LogP contribution in [0.5, 0.6) is 0 Å². The monoisotopic (exact) mass is 400 g/mol. The van der Waals surface area contributed by atoms with E-state index in [1.165, 1.54) is 0 Å². The van der Waals surface area contributed by atoms with Crippen molar-refractivity contribution in [2.45, 2.75) is 17.5 Å². The summed E-state index contributed by atoms with van der Waals surface area (Å²) >= 11 is 7.48. The first-order valence-corrected chi connectivity index (χ1v) is 9.76. The second-order valence-electron chi connectivity index (χ2n) is 5.82. The molecule has 0 unspecified atom stereocenters. The summed E-state index contributed by atoms with van der Waals surface area (Å²) in [6, 6.07) is 15.4. The fourth-order valence-electron chi connectivity index (χ4n) is 2.71. The van der Waals surface area contributed by atoms with E-state index in [0.717, 1.165) is 28.3 Å². The number of rotatable bonds is 7. The molecule has 0 aliphatic heterocycles. The van der Waals surface area contributed by atoms with Crippen molar-refractivity contribution < 1.29 is 9.15 Å². The summed E-state index contributed by atoms with van der Waals surface area (Å²) in [5.41, 5.74) is 2.89. The maximum Gasteiger partial charge on any atom is 0.247 e. The van der Waals surface area contributed by atoms with Gasteiger partial charge in [-0.2, -0.15) is 0 Å². The molecule has 2 aromatic heterocycles. The zero-order valence-corrected chi connectivity index (χ0v) is 16.2. The van der Waals surface area contributed by atoms with Crippen LogP contribution in [0.15, 0.2) is 58.1 Å². The molecule has 0 fully saturated rings. The van der Waals surface area contributed by atoms with Crippen molar-refractivity contribution in [2.75, 3.05) is 13.7 Å². The Hall–Kier alpha value is -2.35. The predicted molar refractivity (Wildman–Crippen MR) is 106 cm³/mol. The predicted octanol–water partition coefficient (Wildman–Crippen LogP) is 4.68. The Bertz CT molecular complexity index is 1050. The maximum atomic E-state index is 5.92. The number of thioether (sulfide) groups is 1. The van der Waals surface area contributed by atoms with E-state index in [1.807, 2.05) is 30.3 Å². The van der Waals surface area contributed by atoms with Gasteiger partial charge in [-0.05, 0) is 36.4 Å². The van der Waals surface area contributed by atoms with Crippen LogP contribution in [0.1, 0.15) is 5.89 Å². The Kier molecular flexibility index (Phi) is 5.42. The van der Waals surface area contributed by atoms with Crippen LogP contribution in [0.3, 0.4) is 0 Å². The standard InChI is InChI=1S/C19H17ClN4O2S/c1-25-11-10-24-16-5-3-2-4-15(16)21-19(24)27-12-17-22-23-18(26-17)13-6-8-14(20)9-7-13/h2-9H,10-12H2,1H3. The molecule has 0 aliphatic rings. The molecule has 0 N–H and O–H groups in total. The number of methoxy groups -OCH3 is 1. The average molecular weight is 401 g/mol. The van der Waals surface area contributed by atoms with E-state index in [1.54, 1.807) is 31.0 Å². The van der Waals surface area contributed by atoms with Gasteiger partial charge in [-0.15, -0.1) is 10.2 Å². The molecule has 2 aromatic carbocycles. The summed E-state index contributed by atoms with van der Waals surface area (Å²) in [5, 5.41) is 9.84. The Morgan fingerprint density at radius 3 is 2.74 bits per heavy atom. The lowest BCUT2D eigenvalue weighted by molar-refractivity contribution is 0.186. The van der Waals surface area contributed by atoms with E-state index in [4.69, 9.17) is 25.7 Å². The van der Waals surface area contributed by atoms with Crippen molar-refractivity contribution in [3.63, 3.8) is 0 Å². The highest BCUT2D eigenvalue weighted by molar-refractivity contribution is 7.98. The number of hydrogen-bond acceptors (Lipinski definition) is 6. The molecule has 0 radical (unpaired) electrons. The van der Waals surface area contributed by atoms with Crippen LogP contribution in [-0.2, 0) is 17.0 Å². The van der Waals surface area contributed by atoms with E-state index >= 15 is 0 Å². The van der Waals surface area contributed by atoms with Crippen LogP contribution in [0, 0.1) is 0 Å². The zero-order valence-electron chi connectivity index (χ0n) is 14.6. The van der Waals surface area contributed by atoms with E-state index in [0.29, 0.717) is 29.2 Å². The molecular weight excluding hydrogens is 384 g/mol. The van der Waals surface area contributed by atoms with Gasteiger partial charge in [0.25, 0.3) is 0 Å². The van der Waals surface area contributed by atoms with Gasteiger partial charge < -0.3 is 13.7 Å². The lowest BCUT2D eigenvalue weighted by atomic mass is 10.2. The topological polar surface area (TPSA) is 66.0 Å². The molecule has 27 heavy (non-hydrogen) atoms. The second kappa shape index (κ2) is 8.12. The fraction of sp³-hybridized carbons (Fsp3) is 0.211. The molecule has 8 heteroatoms. The minimum Gasteiger partial charge on any atom is -0.420 e. The highest BCUT2D eigenvalue weighted by Crippen LogP contribution is 2.28. The molecule has 0 saturated carbocycles. The third kappa shape index (κ3) is 4.00. The van der Waals surface area contributed by atoms with Crippen molar-refractivity contribution >= 4 is 34.4 Å². The lowest BCUT2D eigenvalue weighted by Gasteiger charge is -2.07. The first kappa shape index (κ1) is 18.0. The minimum atomic E-state index is 0.482. The van der Waals surface area contributed by atoms with Crippen molar-refractivity contribution in [3.05, 3.63) is 59.4 Å². The van der Waals surface area contributed by atoms with E-state index in [2.05, 4.69) is 20.8 Å². The van der Waals surface area contributed by atoms with Gasteiger partial charge in [-0.3, -0.25) is 0 Å². The quantitative estimate of drug-likeness (QED) is 0.420. The first-order valence-electron chi connectivity index (χ1n) is 8.40. The van der Waals surface area contributed by atoms with Gasteiger partial charge in [0.15, 0.2) is 5.16 Å². The molecule has 0 saturated heterocycles. The van der Waals surface area contributed by atoms with Crippen molar-refractivity contribution in [3.8, 4) is 11.5 Å². The highest BCUT2D eigenvalue weighted by atomic mass is 35.5. The van der Waals surface area contributed by atoms with Crippen LogP contribution in [0.4, 0.5) is 0 Å². The van der Waals surface area contributed by atoms with Crippen LogP contribution in [0.25, 0.3) is 22.5 Å². The molecule has 0 bridgehead atoms. The van der Waals surface area contributed by atoms with Gasteiger partial charge in [0.2, 0.25) is 11.8 Å². The molecule has 6 nitrogen and oxygen atoms in total. The molecule has 0 amide bonds. The lowest BCUT2D eigenvalue weighted by Crippen LogP contribution is -2.05. The number of fused-ring (bicyclic) bond motifs is 1. The number of imidazole rings is 1. The third-order valence-electron chi connectivity index (χ3n) is 4.02. The number of nitrogens with zero attached hydrogens (tertiary/aromatic N) is 4. The summed E-state index contributed by atoms with van der Waals surface area (Å²) < 4.78 is 13.2. The van der Waals surface area contributed by atoms with E-state index in [-0.39, 0.29) is 0 Å². The number of para-hydroxylation sites is 2. The number of benzene rings is 2. The maximum absolute atomic E-state index is 5.92. The summed E-state index contributed by atoms with van der Waals surface area (Å²) in [5.74, 6) is 1.57. The molecule has 0 aliphatic carbocycles. The van der Waals surface area contributed by atoms with Gasteiger partial charge in [0, 0.05) is 24.2 Å². The Morgan fingerprint density at radius 1 is 1.11 bits per heavy atom.